The Kier molecular flexibility index (Phi) is 6.14. The van der Waals surface area contributed by atoms with Crippen molar-refractivity contribution in [1.82, 2.24) is 15.0 Å². The molecule has 28 heavy (non-hydrogen) atoms. The van der Waals surface area contributed by atoms with E-state index in [1.165, 1.54) is 12.1 Å². The lowest BCUT2D eigenvalue weighted by atomic mass is 10.2. The first-order valence-corrected chi connectivity index (χ1v) is 10.8. The average Bonchev–Trinajstić information content (AvgIpc) is 3.43. The number of sulfonamides is 1. The molecule has 0 radical (unpaired) electrons. The van der Waals surface area contributed by atoms with Crippen molar-refractivity contribution in [2.24, 2.45) is 0 Å². The number of nitrogens with one attached hydrogen (secondary N) is 2. The second kappa shape index (κ2) is 8.24. The van der Waals surface area contributed by atoms with Crippen LogP contribution < -0.4 is 14.9 Å². The van der Waals surface area contributed by atoms with Gasteiger partial charge in [-0.2, -0.15) is 0 Å². The van der Waals surface area contributed by atoms with Crippen LogP contribution in [0.25, 0.3) is 0 Å². The number of amides is 1. The van der Waals surface area contributed by atoms with Crippen molar-refractivity contribution < 1.29 is 13.2 Å². The van der Waals surface area contributed by atoms with Crippen molar-refractivity contribution in [3.63, 3.8) is 0 Å². The predicted molar refractivity (Wildman–Crippen MR) is 110 cm³/mol. The molecule has 10 heteroatoms. The van der Waals surface area contributed by atoms with Crippen LogP contribution >= 0.6 is 23.2 Å². The van der Waals surface area contributed by atoms with Gasteiger partial charge in [0.1, 0.15) is 10.7 Å². The molecule has 3 rings (SSSR count). The smallest absolute Gasteiger partial charge is 0.253 e. The van der Waals surface area contributed by atoms with Crippen molar-refractivity contribution in [2.75, 3.05) is 19.0 Å². The fraction of sp³-hybridized carbons (Fsp3) is 0.333. The number of rotatable bonds is 7. The average molecular weight is 443 g/mol. The molecule has 7 nitrogen and oxygen atoms in total. The van der Waals surface area contributed by atoms with Crippen LogP contribution in [0.15, 0.2) is 35.4 Å². The van der Waals surface area contributed by atoms with Gasteiger partial charge in [0, 0.05) is 32.9 Å². The maximum absolute atomic E-state index is 12.6. The van der Waals surface area contributed by atoms with Gasteiger partial charge in [0.25, 0.3) is 5.91 Å². The van der Waals surface area contributed by atoms with Crippen LogP contribution in [0.5, 0.6) is 0 Å². The van der Waals surface area contributed by atoms with E-state index in [0.717, 1.165) is 24.2 Å². The van der Waals surface area contributed by atoms with Gasteiger partial charge in [-0.1, -0.05) is 23.2 Å². The third-order valence-corrected chi connectivity index (χ3v) is 6.47. The minimum Gasteiger partial charge on any atom is -0.363 e. The first kappa shape index (κ1) is 20.9. The lowest BCUT2D eigenvalue weighted by Crippen LogP contribution is -2.27. The van der Waals surface area contributed by atoms with Crippen LogP contribution in [0, 0.1) is 0 Å². The van der Waals surface area contributed by atoms with Crippen molar-refractivity contribution in [1.29, 1.82) is 0 Å². The zero-order valence-corrected chi connectivity index (χ0v) is 17.7. The number of carbonyl (C=O) groups excluding carboxylic acids is 1. The third-order valence-electron chi connectivity index (χ3n) is 4.18. The number of hydrogen-bond donors (Lipinski definition) is 2. The highest BCUT2D eigenvalue weighted by Crippen LogP contribution is 2.30. The van der Waals surface area contributed by atoms with Crippen molar-refractivity contribution in [2.45, 2.75) is 30.3 Å². The van der Waals surface area contributed by atoms with Gasteiger partial charge in [-0.15, -0.1) is 0 Å². The minimum absolute atomic E-state index is 0.0283. The monoisotopic (exact) mass is 442 g/mol. The van der Waals surface area contributed by atoms with Crippen LogP contribution in [0.1, 0.15) is 28.8 Å². The molecule has 2 aromatic rings. The molecule has 0 aliphatic heterocycles. The highest BCUT2D eigenvalue weighted by Gasteiger charge is 2.30. The SMILES string of the molecule is CN(C)c1cc(CNC(=O)c2cc(S(=O)(=O)NC3CC3)c(Cl)cc2Cl)ccn1. The summed E-state index contributed by atoms with van der Waals surface area (Å²) in [5.41, 5.74) is 0.893. The molecule has 0 bridgehead atoms. The van der Waals surface area contributed by atoms with E-state index in [9.17, 15) is 13.2 Å². The molecule has 1 aromatic carbocycles. The molecule has 1 aromatic heterocycles. The van der Waals surface area contributed by atoms with Gasteiger partial charge in [0.05, 0.1) is 15.6 Å². The molecule has 1 fully saturated rings. The minimum atomic E-state index is -3.82. The molecular weight excluding hydrogens is 423 g/mol. The third kappa shape index (κ3) is 4.94. The molecule has 0 atom stereocenters. The van der Waals surface area contributed by atoms with E-state index in [1.807, 2.05) is 25.1 Å². The van der Waals surface area contributed by atoms with E-state index >= 15 is 0 Å². The summed E-state index contributed by atoms with van der Waals surface area (Å²) in [4.78, 5) is 18.5. The standard InChI is InChI=1S/C18H20Cl2N4O3S/c1-24(2)17-7-11(5-6-21-17)10-22-18(25)13-8-16(15(20)9-14(13)19)28(26,27)23-12-3-4-12/h5-9,12,23H,3-4,10H2,1-2H3,(H,22,25). The van der Waals surface area contributed by atoms with Gasteiger partial charge in [-0.3, -0.25) is 4.79 Å². The fourth-order valence-corrected chi connectivity index (χ4v) is 4.65. The summed E-state index contributed by atoms with van der Waals surface area (Å²) in [7, 11) is -0.0754. The van der Waals surface area contributed by atoms with Crippen molar-refractivity contribution >= 4 is 45.0 Å². The van der Waals surface area contributed by atoms with E-state index in [4.69, 9.17) is 23.2 Å². The molecule has 2 N–H and O–H groups in total. The number of carbonyl (C=O) groups is 1. The number of anilines is 1. The number of nitrogens with zero attached hydrogens (tertiary/aromatic N) is 2. The van der Waals surface area contributed by atoms with Crippen LogP contribution in [0.2, 0.25) is 10.0 Å². The van der Waals surface area contributed by atoms with E-state index in [1.54, 1.807) is 12.3 Å². The quantitative estimate of drug-likeness (QED) is 0.687. The van der Waals surface area contributed by atoms with Crippen LogP contribution in [0.3, 0.4) is 0 Å². The Bertz CT molecular complexity index is 1010. The first-order valence-electron chi connectivity index (χ1n) is 8.59. The van der Waals surface area contributed by atoms with E-state index < -0.39 is 15.9 Å². The van der Waals surface area contributed by atoms with Crippen molar-refractivity contribution in [3.8, 4) is 0 Å². The van der Waals surface area contributed by atoms with Gasteiger partial charge in [0.2, 0.25) is 10.0 Å². The van der Waals surface area contributed by atoms with Crippen LogP contribution in [-0.4, -0.2) is 39.4 Å². The fourth-order valence-electron chi connectivity index (χ4n) is 2.49. The number of hydrogen-bond acceptors (Lipinski definition) is 5. The van der Waals surface area contributed by atoms with E-state index in [0.29, 0.717) is 0 Å². The van der Waals surface area contributed by atoms with Gasteiger partial charge in [-0.25, -0.2) is 18.1 Å². The number of aromatic nitrogens is 1. The summed E-state index contributed by atoms with van der Waals surface area (Å²) in [5, 5.41) is 2.80. The molecule has 0 saturated heterocycles. The van der Waals surface area contributed by atoms with Crippen LogP contribution in [0.4, 0.5) is 5.82 Å². The zero-order chi connectivity index (χ0) is 20.5. The molecule has 1 heterocycles. The summed E-state index contributed by atoms with van der Waals surface area (Å²) in [6.07, 6.45) is 3.23. The summed E-state index contributed by atoms with van der Waals surface area (Å²) < 4.78 is 27.5. The van der Waals surface area contributed by atoms with Gasteiger partial charge >= 0.3 is 0 Å². The molecule has 1 amide bonds. The summed E-state index contributed by atoms with van der Waals surface area (Å²) in [6.45, 7) is 0.240. The summed E-state index contributed by atoms with van der Waals surface area (Å²) in [6, 6.07) is 6.04. The number of halogens is 2. The summed E-state index contributed by atoms with van der Waals surface area (Å²) in [5.74, 6) is 0.267. The Morgan fingerprint density at radius 1 is 1.21 bits per heavy atom. The maximum atomic E-state index is 12.6. The Morgan fingerprint density at radius 3 is 2.57 bits per heavy atom. The second-order valence-corrected chi connectivity index (χ2v) is 9.25. The van der Waals surface area contributed by atoms with Gasteiger partial charge in [-0.05, 0) is 42.7 Å². The van der Waals surface area contributed by atoms with Crippen molar-refractivity contribution in [3.05, 3.63) is 51.6 Å². The highest BCUT2D eigenvalue weighted by molar-refractivity contribution is 7.89. The molecule has 1 aliphatic rings. The summed E-state index contributed by atoms with van der Waals surface area (Å²) >= 11 is 12.2. The van der Waals surface area contributed by atoms with E-state index in [-0.39, 0.29) is 33.1 Å². The second-order valence-electron chi connectivity index (χ2n) is 6.76. The molecule has 0 spiro atoms. The number of benzene rings is 1. The largest absolute Gasteiger partial charge is 0.363 e. The molecule has 150 valence electrons. The van der Waals surface area contributed by atoms with Crippen LogP contribution in [-0.2, 0) is 16.6 Å². The van der Waals surface area contributed by atoms with Gasteiger partial charge < -0.3 is 10.2 Å². The zero-order valence-electron chi connectivity index (χ0n) is 15.4. The Morgan fingerprint density at radius 2 is 1.93 bits per heavy atom. The Hall–Kier alpha value is -1.87. The maximum Gasteiger partial charge on any atom is 0.253 e. The lowest BCUT2D eigenvalue weighted by molar-refractivity contribution is 0.0951. The highest BCUT2D eigenvalue weighted by atomic mass is 35.5. The first-order chi connectivity index (χ1) is 13.2. The van der Waals surface area contributed by atoms with Gasteiger partial charge in [0.15, 0.2) is 0 Å². The lowest BCUT2D eigenvalue weighted by Gasteiger charge is -2.13. The normalized spacial score (nSPS) is 14.0. The Labute approximate surface area is 174 Å². The molecule has 1 saturated carbocycles. The Balaban J connectivity index is 1.79. The van der Waals surface area contributed by atoms with E-state index in [2.05, 4.69) is 15.0 Å². The number of pyridine rings is 1. The topological polar surface area (TPSA) is 91.4 Å². The molecule has 1 aliphatic carbocycles. The molecular formula is C18H20Cl2N4O3S. The predicted octanol–water partition coefficient (Wildman–Crippen LogP) is 2.83. The molecule has 0 unspecified atom stereocenters.